The zero-order valence-electron chi connectivity index (χ0n) is 11.9. The number of benzene rings is 2. The van der Waals surface area contributed by atoms with Crippen LogP contribution in [0.2, 0.25) is 5.02 Å². The van der Waals surface area contributed by atoms with Crippen molar-refractivity contribution in [2.45, 2.75) is 13.0 Å². The van der Waals surface area contributed by atoms with Crippen molar-refractivity contribution >= 4 is 44.5 Å². The summed E-state index contributed by atoms with van der Waals surface area (Å²) in [6.07, 6.45) is 0. The molecule has 21 heavy (non-hydrogen) atoms. The molecule has 0 aliphatic rings. The van der Waals surface area contributed by atoms with Gasteiger partial charge < -0.3 is 10.6 Å². The van der Waals surface area contributed by atoms with Gasteiger partial charge in [-0.05, 0) is 36.8 Å². The first-order valence-corrected chi connectivity index (χ1v) is 7.93. The minimum atomic E-state index is 0.195. The highest BCUT2D eigenvalue weighted by Crippen LogP contribution is 2.35. The van der Waals surface area contributed by atoms with Crippen molar-refractivity contribution in [3.8, 4) is 0 Å². The Morgan fingerprint density at radius 1 is 1.19 bits per heavy atom. The number of anilines is 2. The molecule has 0 spiro atoms. The van der Waals surface area contributed by atoms with Crippen molar-refractivity contribution < 1.29 is 0 Å². The average molecular weight is 318 g/mol. The van der Waals surface area contributed by atoms with E-state index in [4.69, 9.17) is 17.3 Å². The molecule has 3 nitrogen and oxygen atoms in total. The Hall–Kier alpha value is -1.78. The Bertz CT molecular complexity index is 767. The molecule has 0 saturated heterocycles. The molecule has 1 unspecified atom stereocenters. The molecule has 0 fully saturated rings. The Morgan fingerprint density at radius 2 is 1.90 bits per heavy atom. The Labute approximate surface area is 133 Å². The van der Waals surface area contributed by atoms with Crippen LogP contribution in [0.15, 0.2) is 41.9 Å². The zero-order chi connectivity index (χ0) is 15.0. The predicted octanol–water partition coefficient (Wildman–Crippen LogP) is 4.73. The highest BCUT2D eigenvalue weighted by molar-refractivity contribution is 7.16. The number of nitrogens with zero attached hydrogens (tertiary/aromatic N) is 2. The lowest BCUT2D eigenvalue weighted by Crippen LogP contribution is -2.22. The summed E-state index contributed by atoms with van der Waals surface area (Å²) >= 11 is 7.55. The molecule has 3 aromatic rings. The van der Waals surface area contributed by atoms with Gasteiger partial charge in [-0.15, -0.1) is 11.3 Å². The van der Waals surface area contributed by atoms with Crippen LogP contribution in [0.4, 0.5) is 11.4 Å². The van der Waals surface area contributed by atoms with Gasteiger partial charge in [-0.3, -0.25) is 0 Å². The fourth-order valence-electron chi connectivity index (χ4n) is 2.42. The summed E-state index contributed by atoms with van der Waals surface area (Å²) in [4.78, 5) is 6.52. The molecule has 0 bridgehead atoms. The normalized spacial score (nSPS) is 12.5. The zero-order valence-corrected chi connectivity index (χ0v) is 13.4. The minimum Gasteiger partial charge on any atom is -0.395 e. The second-order valence-electron chi connectivity index (χ2n) is 5.04. The van der Waals surface area contributed by atoms with Crippen molar-refractivity contribution in [2.24, 2.45) is 0 Å². The largest absolute Gasteiger partial charge is 0.395 e. The van der Waals surface area contributed by atoms with E-state index in [-0.39, 0.29) is 6.04 Å². The van der Waals surface area contributed by atoms with Crippen molar-refractivity contribution in [3.05, 3.63) is 52.5 Å². The molecule has 1 heterocycles. The summed E-state index contributed by atoms with van der Waals surface area (Å²) in [7, 11) is 2.04. The first kappa shape index (κ1) is 14.2. The number of aromatic nitrogens is 1. The molecule has 1 atom stereocenters. The maximum atomic E-state index is 6.29. The van der Waals surface area contributed by atoms with Gasteiger partial charge in [-0.2, -0.15) is 0 Å². The number of nitrogens with two attached hydrogens (primary N) is 1. The standard InChI is InChI=1S/C16H16ClN3S/c1-10(11-3-5-12(17)6-4-11)20(2)13-7-8-14-16(15(13)18)19-9-21-14/h3-10H,18H2,1-2H3. The molecule has 2 N–H and O–H groups in total. The van der Waals surface area contributed by atoms with E-state index in [2.05, 4.69) is 28.9 Å². The van der Waals surface area contributed by atoms with Crippen LogP contribution in [0.1, 0.15) is 18.5 Å². The van der Waals surface area contributed by atoms with E-state index in [9.17, 15) is 0 Å². The van der Waals surface area contributed by atoms with E-state index < -0.39 is 0 Å². The molecule has 5 heteroatoms. The number of hydrogen-bond donors (Lipinski definition) is 1. The fourth-order valence-corrected chi connectivity index (χ4v) is 3.24. The maximum Gasteiger partial charge on any atom is 0.106 e. The van der Waals surface area contributed by atoms with Crippen LogP contribution in [0.3, 0.4) is 0 Å². The Morgan fingerprint density at radius 3 is 2.62 bits per heavy atom. The number of thiazole rings is 1. The third-order valence-electron chi connectivity index (χ3n) is 3.83. The highest BCUT2D eigenvalue weighted by atomic mass is 35.5. The molecule has 0 radical (unpaired) electrons. The van der Waals surface area contributed by atoms with Crippen LogP contribution in [0.25, 0.3) is 10.2 Å². The van der Waals surface area contributed by atoms with Gasteiger partial charge in [0.05, 0.1) is 27.6 Å². The molecule has 2 aromatic carbocycles. The summed E-state index contributed by atoms with van der Waals surface area (Å²) in [5.74, 6) is 0. The molecular weight excluding hydrogens is 302 g/mol. The van der Waals surface area contributed by atoms with Crippen molar-refractivity contribution in [2.75, 3.05) is 17.7 Å². The van der Waals surface area contributed by atoms with Crippen molar-refractivity contribution in [1.29, 1.82) is 0 Å². The van der Waals surface area contributed by atoms with Gasteiger partial charge >= 0.3 is 0 Å². The summed E-state index contributed by atoms with van der Waals surface area (Å²) < 4.78 is 1.11. The summed E-state index contributed by atoms with van der Waals surface area (Å²) in [5, 5.41) is 0.747. The molecule has 0 aliphatic carbocycles. The van der Waals surface area contributed by atoms with Gasteiger partial charge in [0.2, 0.25) is 0 Å². The summed E-state index contributed by atoms with van der Waals surface area (Å²) in [5.41, 5.74) is 11.9. The second-order valence-corrected chi connectivity index (χ2v) is 6.36. The molecule has 1 aromatic heterocycles. The van der Waals surface area contributed by atoms with Crippen LogP contribution in [-0.4, -0.2) is 12.0 Å². The Balaban J connectivity index is 1.97. The van der Waals surface area contributed by atoms with E-state index in [1.54, 1.807) is 11.3 Å². The van der Waals surface area contributed by atoms with Gasteiger partial charge in [0.1, 0.15) is 5.52 Å². The summed E-state index contributed by atoms with van der Waals surface area (Å²) in [6, 6.07) is 12.2. The lowest BCUT2D eigenvalue weighted by atomic mass is 10.1. The van der Waals surface area contributed by atoms with E-state index in [0.29, 0.717) is 0 Å². The van der Waals surface area contributed by atoms with Crippen LogP contribution in [0, 0.1) is 0 Å². The second kappa shape index (κ2) is 5.54. The quantitative estimate of drug-likeness (QED) is 0.710. The fraction of sp³-hybridized carbons (Fsp3) is 0.188. The van der Waals surface area contributed by atoms with Crippen molar-refractivity contribution in [1.82, 2.24) is 4.98 Å². The van der Waals surface area contributed by atoms with Gasteiger partial charge in [0.25, 0.3) is 0 Å². The van der Waals surface area contributed by atoms with Crippen LogP contribution in [0.5, 0.6) is 0 Å². The van der Waals surface area contributed by atoms with Crippen LogP contribution < -0.4 is 10.6 Å². The van der Waals surface area contributed by atoms with E-state index in [0.717, 1.165) is 26.6 Å². The lowest BCUT2D eigenvalue weighted by Gasteiger charge is -2.28. The average Bonchev–Trinajstić information content (AvgIpc) is 2.96. The molecule has 0 aliphatic heterocycles. The van der Waals surface area contributed by atoms with Gasteiger partial charge in [0.15, 0.2) is 0 Å². The molecule has 0 amide bonds. The highest BCUT2D eigenvalue weighted by Gasteiger charge is 2.16. The molecule has 0 saturated carbocycles. The van der Waals surface area contributed by atoms with Gasteiger partial charge in [0, 0.05) is 12.1 Å². The number of nitrogen functional groups attached to an aromatic ring is 1. The number of rotatable bonds is 3. The predicted molar refractivity (Wildman–Crippen MR) is 92.3 cm³/mol. The van der Waals surface area contributed by atoms with Gasteiger partial charge in [-0.25, -0.2) is 4.98 Å². The smallest absolute Gasteiger partial charge is 0.106 e. The van der Waals surface area contributed by atoms with E-state index >= 15 is 0 Å². The molecular formula is C16H16ClN3S. The van der Waals surface area contributed by atoms with Gasteiger partial charge in [-0.1, -0.05) is 23.7 Å². The van der Waals surface area contributed by atoms with E-state index in [1.165, 1.54) is 5.56 Å². The monoisotopic (exact) mass is 317 g/mol. The number of fused-ring (bicyclic) bond motifs is 1. The Kier molecular flexibility index (Phi) is 3.74. The van der Waals surface area contributed by atoms with Crippen LogP contribution >= 0.6 is 22.9 Å². The first-order chi connectivity index (χ1) is 10.1. The number of halogens is 1. The topological polar surface area (TPSA) is 42.2 Å². The van der Waals surface area contributed by atoms with Crippen molar-refractivity contribution in [3.63, 3.8) is 0 Å². The summed E-state index contributed by atoms with van der Waals surface area (Å²) in [6.45, 7) is 2.15. The third kappa shape index (κ3) is 2.57. The molecule has 3 rings (SSSR count). The maximum absolute atomic E-state index is 6.29. The third-order valence-corrected chi connectivity index (χ3v) is 4.88. The van der Waals surface area contributed by atoms with E-state index in [1.807, 2.05) is 36.8 Å². The molecule has 108 valence electrons. The SMILES string of the molecule is CC(c1ccc(Cl)cc1)N(C)c1ccc2scnc2c1N. The lowest BCUT2D eigenvalue weighted by molar-refractivity contribution is 0.741. The van der Waals surface area contributed by atoms with Crippen LogP contribution in [-0.2, 0) is 0 Å². The first-order valence-electron chi connectivity index (χ1n) is 6.68. The minimum absolute atomic E-state index is 0.195. The number of hydrogen-bond acceptors (Lipinski definition) is 4.